The minimum atomic E-state index is -0.186. The number of nitrogens with one attached hydrogen (secondary N) is 2. The maximum Gasteiger partial charge on any atom is 0.263 e. The number of H-pyrrole nitrogens is 1. The molecule has 0 radical (unpaired) electrons. The molecule has 1 saturated heterocycles. The van der Waals surface area contributed by atoms with Gasteiger partial charge in [-0.15, -0.1) is 0 Å². The highest BCUT2D eigenvalue weighted by molar-refractivity contribution is 5.77. The van der Waals surface area contributed by atoms with Gasteiger partial charge in [-0.1, -0.05) is 31.0 Å². The van der Waals surface area contributed by atoms with Gasteiger partial charge < -0.3 is 10.2 Å². The predicted molar refractivity (Wildman–Crippen MR) is 119 cm³/mol. The van der Waals surface area contributed by atoms with Gasteiger partial charge in [-0.2, -0.15) is 10.1 Å². The maximum atomic E-state index is 12.6. The number of para-hydroxylation sites is 1. The molecule has 1 amide bonds. The molecule has 1 saturated carbocycles. The Balaban J connectivity index is 1.27. The normalized spacial score (nSPS) is 18.0. The van der Waals surface area contributed by atoms with Crippen LogP contribution in [0.5, 0.6) is 0 Å². The number of fused-ring (bicyclic) bond motifs is 1. The monoisotopic (exact) mass is 420 g/mol. The molecule has 1 aliphatic heterocycles. The third-order valence-electron chi connectivity index (χ3n) is 6.53. The van der Waals surface area contributed by atoms with Crippen LogP contribution in [-0.4, -0.2) is 44.8 Å². The maximum absolute atomic E-state index is 12.6. The number of hydrogen-bond acceptors (Lipinski definition) is 5. The van der Waals surface area contributed by atoms with Crippen molar-refractivity contribution in [1.29, 1.82) is 0 Å². The molecule has 2 aromatic heterocycles. The first-order valence-electron chi connectivity index (χ1n) is 11.2. The Morgan fingerprint density at radius 1 is 1.10 bits per heavy atom. The Morgan fingerprint density at radius 3 is 2.58 bits per heavy atom. The van der Waals surface area contributed by atoms with Gasteiger partial charge >= 0.3 is 0 Å². The van der Waals surface area contributed by atoms with Crippen LogP contribution in [0, 0.1) is 5.92 Å². The summed E-state index contributed by atoms with van der Waals surface area (Å²) >= 11 is 0. The number of carbonyl (C=O) groups is 1. The number of nitrogens with zero attached hydrogens (tertiary/aromatic N) is 4. The van der Waals surface area contributed by atoms with E-state index in [-0.39, 0.29) is 17.5 Å². The number of amides is 1. The topological polar surface area (TPSA) is 95.9 Å². The third-order valence-corrected chi connectivity index (χ3v) is 6.53. The van der Waals surface area contributed by atoms with Crippen molar-refractivity contribution in [3.8, 4) is 5.69 Å². The summed E-state index contributed by atoms with van der Waals surface area (Å²) in [6.07, 6.45) is 8.80. The smallest absolute Gasteiger partial charge is 0.263 e. The largest absolute Gasteiger partial charge is 0.353 e. The Hall–Kier alpha value is -3.16. The van der Waals surface area contributed by atoms with Gasteiger partial charge in [-0.25, -0.2) is 4.68 Å². The van der Waals surface area contributed by atoms with Crippen LogP contribution in [0.2, 0.25) is 0 Å². The molecule has 2 fully saturated rings. The van der Waals surface area contributed by atoms with E-state index in [0.29, 0.717) is 29.3 Å². The summed E-state index contributed by atoms with van der Waals surface area (Å²) in [5.41, 5.74) is 1.23. The standard InChI is InChI=1S/C23H28N6O2/c30-20(14-16-6-4-5-7-16)25-17-10-12-28(13-11-17)23-26-21-19(22(31)27-23)15-24-29(21)18-8-2-1-3-9-18/h1-3,8-9,15-17H,4-7,10-14H2,(H,25,30)(H,26,27,31). The van der Waals surface area contributed by atoms with E-state index in [9.17, 15) is 9.59 Å². The van der Waals surface area contributed by atoms with Gasteiger partial charge in [0.2, 0.25) is 11.9 Å². The van der Waals surface area contributed by atoms with Gasteiger partial charge in [-0.05, 0) is 43.7 Å². The highest BCUT2D eigenvalue weighted by Gasteiger charge is 2.25. The number of aromatic nitrogens is 4. The van der Waals surface area contributed by atoms with E-state index in [2.05, 4.69) is 20.3 Å². The first kappa shape index (κ1) is 19.8. The first-order chi connectivity index (χ1) is 15.2. The number of rotatable bonds is 5. The second-order valence-corrected chi connectivity index (χ2v) is 8.70. The van der Waals surface area contributed by atoms with Crippen LogP contribution in [-0.2, 0) is 4.79 Å². The number of carbonyl (C=O) groups excluding carboxylic acids is 1. The number of aromatic amines is 1. The van der Waals surface area contributed by atoms with Crippen LogP contribution in [0.1, 0.15) is 44.9 Å². The lowest BCUT2D eigenvalue weighted by atomic mass is 10.0. The molecule has 8 nitrogen and oxygen atoms in total. The first-order valence-corrected chi connectivity index (χ1v) is 11.2. The highest BCUT2D eigenvalue weighted by atomic mass is 16.1. The summed E-state index contributed by atoms with van der Waals surface area (Å²) < 4.78 is 1.70. The van der Waals surface area contributed by atoms with Crippen molar-refractivity contribution < 1.29 is 4.79 Å². The summed E-state index contributed by atoms with van der Waals surface area (Å²) in [5, 5.41) is 8.05. The SMILES string of the molecule is O=C(CC1CCCC1)NC1CCN(c2nc3c(cnn3-c3ccccc3)c(=O)[nH]2)CC1. The van der Waals surface area contributed by atoms with Gasteiger partial charge in [0, 0.05) is 25.6 Å². The van der Waals surface area contributed by atoms with Crippen molar-refractivity contribution in [3.63, 3.8) is 0 Å². The molecule has 8 heteroatoms. The van der Waals surface area contributed by atoms with Crippen molar-refractivity contribution in [3.05, 3.63) is 46.9 Å². The summed E-state index contributed by atoms with van der Waals surface area (Å²) in [7, 11) is 0. The minimum absolute atomic E-state index is 0.185. The molecular formula is C23H28N6O2. The van der Waals surface area contributed by atoms with Gasteiger partial charge in [0.05, 0.1) is 11.9 Å². The quantitative estimate of drug-likeness (QED) is 0.662. The second-order valence-electron chi connectivity index (χ2n) is 8.70. The average Bonchev–Trinajstić information content (AvgIpc) is 3.45. The summed E-state index contributed by atoms with van der Waals surface area (Å²) in [6.45, 7) is 1.48. The van der Waals surface area contributed by atoms with E-state index < -0.39 is 0 Å². The fourth-order valence-corrected chi connectivity index (χ4v) is 4.81. The number of hydrogen-bond donors (Lipinski definition) is 2. The molecule has 2 N–H and O–H groups in total. The van der Waals surface area contributed by atoms with Crippen molar-refractivity contribution in [2.45, 2.75) is 51.0 Å². The molecule has 0 bridgehead atoms. The zero-order chi connectivity index (χ0) is 21.2. The Morgan fingerprint density at radius 2 is 1.84 bits per heavy atom. The molecule has 0 spiro atoms. The molecule has 5 rings (SSSR count). The zero-order valence-corrected chi connectivity index (χ0v) is 17.6. The van der Waals surface area contributed by atoms with E-state index in [0.717, 1.165) is 31.6 Å². The van der Waals surface area contributed by atoms with E-state index in [4.69, 9.17) is 4.98 Å². The van der Waals surface area contributed by atoms with Crippen LogP contribution < -0.4 is 15.8 Å². The Kier molecular flexibility index (Phi) is 5.44. The lowest BCUT2D eigenvalue weighted by Gasteiger charge is -2.32. The molecule has 0 atom stereocenters. The number of benzene rings is 1. The summed E-state index contributed by atoms with van der Waals surface area (Å²) in [5.74, 6) is 1.31. The Labute approximate surface area is 180 Å². The molecule has 1 aromatic carbocycles. The van der Waals surface area contributed by atoms with Crippen molar-refractivity contribution in [1.82, 2.24) is 25.1 Å². The molecule has 162 valence electrons. The van der Waals surface area contributed by atoms with Crippen LogP contribution >= 0.6 is 0 Å². The third kappa shape index (κ3) is 4.19. The van der Waals surface area contributed by atoms with Crippen molar-refractivity contribution in [2.24, 2.45) is 5.92 Å². The molecule has 3 heterocycles. The van der Waals surface area contributed by atoms with E-state index in [1.807, 2.05) is 30.3 Å². The fraction of sp³-hybridized carbons (Fsp3) is 0.478. The summed E-state index contributed by atoms with van der Waals surface area (Å²) in [4.78, 5) is 34.7. The number of piperidine rings is 1. The van der Waals surface area contributed by atoms with Crippen molar-refractivity contribution in [2.75, 3.05) is 18.0 Å². The van der Waals surface area contributed by atoms with Gasteiger partial charge in [0.25, 0.3) is 5.56 Å². The van der Waals surface area contributed by atoms with E-state index >= 15 is 0 Å². The number of anilines is 1. The van der Waals surface area contributed by atoms with Crippen molar-refractivity contribution >= 4 is 22.9 Å². The van der Waals surface area contributed by atoms with Gasteiger partial charge in [0.15, 0.2) is 5.65 Å². The predicted octanol–water partition coefficient (Wildman–Crippen LogP) is 2.77. The van der Waals surface area contributed by atoms with Crippen LogP contribution in [0.4, 0.5) is 5.95 Å². The zero-order valence-electron chi connectivity index (χ0n) is 17.6. The molecule has 2 aliphatic rings. The van der Waals surface area contributed by atoms with Gasteiger partial charge in [-0.3, -0.25) is 14.6 Å². The average molecular weight is 421 g/mol. The van der Waals surface area contributed by atoms with Crippen LogP contribution in [0.15, 0.2) is 41.3 Å². The molecule has 31 heavy (non-hydrogen) atoms. The van der Waals surface area contributed by atoms with E-state index in [1.165, 1.54) is 25.7 Å². The molecular weight excluding hydrogens is 392 g/mol. The molecule has 1 aliphatic carbocycles. The molecule has 3 aromatic rings. The summed E-state index contributed by atoms with van der Waals surface area (Å²) in [6, 6.07) is 9.88. The highest BCUT2D eigenvalue weighted by Crippen LogP contribution is 2.27. The van der Waals surface area contributed by atoms with Crippen LogP contribution in [0.25, 0.3) is 16.7 Å². The lowest BCUT2D eigenvalue weighted by Crippen LogP contribution is -2.45. The molecule has 0 unspecified atom stereocenters. The lowest BCUT2D eigenvalue weighted by molar-refractivity contribution is -0.122. The van der Waals surface area contributed by atoms with Crippen LogP contribution in [0.3, 0.4) is 0 Å². The van der Waals surface area contributed by atoms with E-state index in [1.54, 1.807) is 10.9 Å². The minimum Gasteiger partial charge on any atom is -0.353 e. The fourth-order valence-electron chi connectivity index (χ4n) is 4.81. The second kappa shape index (κ2) is 8.53. The van der Waals surface area contributed by atoms with Gasteiger partial charge in [0.1, 0.15) is 5.39 Å². The Bertz CT molecular complexity index is 1110.